The second-order valence-corrected chi connectivity index (χ2v) is 10.4. The van der Waals surface area contributed by atoms with Gasteiger partial charge in [-0.1, -0.05) is 32.9 Å². The van der Waals surface area contributed by atoms with Crippen molar-refractivity contribution in [3.05, 3.63) is 29.3 Å². The number of aliphatic carboxylic acids is 1. The first kappa shape index (κ1) is 25.0. The molecule has 180 valence electrons. The van der Waals surface area contributed by atoms with E-state index in [1.165, 1.54) is 5.56 Å². The van der Waals surface area contributed by atoms with Gasteiger partial charge in [0.05, 0.1) is 6.10 Å². The molecule has 1 aromatic rings. The molecule has 7 heteroatoms. The van der Waals surface area contributed by atoms with Gasteiger partial charge in [-0.15, -0.1) is 0 Å². The van der Waals surface area contributed by atoms with Gasteiger partial charge in [0.15, 0.2) is 6.61 Å². The average Bonchev–Trinajstić information content (AvgIpc) is 3.04. The lowest BCUT2D eigenvalue weighted by Gasteiger charge is -2.32. The molecule has 2 fully saturated rings. The van der Waals surface area contributed by atoms with Crippen molar-refractivity contribution in [3.8, 4) is 5.75 Å². The van der Waals surface area contributed by atoms with Gasteiger partial charge in [0.25, 0.3) is 0 Å². The third-order valence-electron chi connectivity index (χ3n) is 6.82. The minimum atomic E-state index is -0.973. The number of nitrogens with zero attached hydrogens (tertiary/aromatic N) is 3. The number of carboxylic acid groups (broad SMARTS) is 1. The number of likely N-dealkylation sites (N-methyl/N-ethyl adjacent to an activating group) is 1. The Kier molecular flexibility index (Phi) is 8.55. The van der Waals surface area contributed by atoms with E-state index in [0.29, 0.717) is 12.3 Å². The predicted molar refractivity (Wildman–Crippen MR) is 126 cm³/mol. The van der Waals surface area contributed by atoms with E-state index >= 15 is 0 Å². The van der Waals surface area contributed by atoms with E-state index in [-0.39, 0.29) is 24.2 Å². The summed E-state index contributed by atoms with van der Waals surface area (Å²) in [5.41, 5.74) is 2.22. The van der Waals surface area contributed by atoms with Crippen LogP contribution >= 0.6 is 0 Å². The molecule has 32 heavy (non-hydrogen) atoms. The molecule has 2 aliphatic heterocycles. The third kappa shape index (κ3) is 6.91. The van der Waals surface area contributed by atoms with Gasteiger partial charge in [-0.25, -0.2) is 4.79 Å². The fourth-order valence-corrected chi connectivity index (χ4v) is 4.80. The van der Waals surface area contributed by atoms with Gasteiger partial charge in [-0.2, -0.15) is 0 Å². The molecule has 0 radical (unpaired) electrons. The van der Waals surface area contributed by atoms with Crippen molar-refractivity contribution in [3.63, 3.8) is 0 Å². The van der Waals surface area contributed by atoms with Crippen LogP contribution in [-0.4, -0.2) is 96.0 Å². The number of rotatable bonds is 6. The Labute approximate surface area is 192 Å². The van der Waals surface area contributed by atoms with E-state index in [1.54, 1.807) is 0 Å². The predicted octanol–water partition coefficient (Wildman–Crippen LogP) is 2.41. The highest BCUT2D eigenvalue weighted by Gasteiger charge is 2.31. The molecule has 3 rings (SSSR count). The molecule has 2 aliphatic rings. The average molecular weight is 448 g/mol. The summed E-state index contributed by atoms with van der Waals surface area (Å²) in [5, 5.41) is 20.0. The molecular formula is C25H41N3O4. The molecule has 2 atom stereocenters. The second kappa shape index (κ2) is 11.0. The number of aliphatic hydroxyl groups excluding tert-OH is 1. The summed E-state index contributed by atoms with van der Waals surface area (Å²) in [7, 11) is 2.17. The smallest absolute Gasteiger partial charge is 0.341 e. The number of carboxylic acids is 1. The Morgan fingerprint density at radius 2 is 1.84 bits per heavy atom. The van der Waals surface area contributed by atoms with Gasteiger partial charge in [0, 0.05) is 44.3 Å². The third-order valence-corrected chi connectivity index (χ3v) is 6.82. The Balaban J connectivity index is 1.71. The molecule has 7 nitrogen and oxygen atoms in total. The zero-order valence-corrected chi connectivity index (χ0v) is 20.2. The lowest BCUT2D eigenvalue weighted by molar-refractivity contribution is -0.139. The van der Waals surface area contributed by atoms with Gasteiger partial charge < -0.3 is 19.8 Å². The number of aliphatic hydroxyl groups is 1. The topological polar surface area (TPSA) is 76.5 Å². The zero-order valence-electron chi connectivity index (χ0n) is 20.2. The lowest BCUT2D eigenvalue weighted by Crippen LogP contribution is -2.45. The van der Waals surface area contributed by atoms with Crippen LogP contribution < -0.4 is 4.74 Å². The van der Waals surface area contributed by atoms with Crippen LogP contribution in [0.4, 0.5) is 0 Å². The monoisotopic (exact) mass is 447 g/mol. The maximum Gasteiger partial charge on any atom is 0.341 e. The van der Waals surface area contributed by atoms with Gasteiger partial charge >= 0.3 is 5.97 Å². The Morgan fingerprint density at radius 1 is 1.09 bits per heavy atom. The standard InChI is InChI=1S/C25H41N3O4/c1-25(2,3)20-6-7-23(32-18-24(30)31)19(16-20)17-27-12-8-21(22(29)9-13-27)28-11-5-10-26(4)14-15-28/h6-7,16,21-22,29H,5,8-15,17-18H2,1-4H3,(H,30,31)/t21-,22-/m0/s1. The minimum absolute atomic E-state index is 0.0000856. The van der Waals surface area contributed by atoms with Crippen molar-refractivity contribution in [2.24, 2.45) is 0 Å². The number of likely N-dealkylation sites (tertiary alicyclic amines) is 1. The van der Waals surface area contributed by atoms with Crippen LogP contribution in [0.2, 0.25) is 0 Å². The van der Waals surface area contributed by atoms with Crippen molar-refractivity contribution in [2.45, 2.75) is 64.1 Å². The lowest BCUT2D eigenvalue weighted by atomic mass is 9.86. The van der Waals surface area contributed by atoms with E-state index in [4.69, 9.17) is 9.84 Å². The van der Waals surface area contributed by atoms with Gasteiger partial charge in [-0.3, -0.25) is 9.80 Å². The molecule has 0 spiro atoms. The molecule has 0 aliphatic carbocycles. The summed E-state index contributed by atoms with van der Waals surface area (Å²) in [6.45, 7) is 12.8. The second-order valence-electron chi connectivity index (χ2n) is 10.4. The van der Waals surface area contributed by atoms with Gasteiger partial charge in [-0.05, 0) is 56.4 Å². The Morgan fingerprint density at radius 3 is 2.56 bits per heavy atom. The number of hydrogen-bond acceptors (Lipinski definition) is 6. The number of carbonyl (C=O) groups is 1. The molecule has 1 aromatic carbocycles. The first-order valence-corrected chi connectivity index (χ1v) is 11.9. The van der Waals surface area contributed by atoms with Crippen molar-refractivity contribution >= 4 is 5.97 Å². The maximum atomic E-state index is 11.0. The molecule has 0 aromatic heterocycles. The van der Waals surface area contributed by atoms with E-state index in [0.717, 1.165) is 64.1 Å². The first-order valence-electron chi connectivity index (χ1n) is 11.9. The van der Waals surface area contributed by atoms with E-state index in [9.17, 15) is 9.90 Å². The molecule has 0 unspecified atom stereocenters. The van der Waals surface area contributed by atoms with Crippen molar-refractivity contribution in [1.29, 1.82) is 0 Å². The van der Waals surface area contributed by atoms with Crippen molar-refractivity contribution in [1.82, 2.24) is 14.7 Å². The number of benzene rings is 1. The van der Waals surface area contributed by atoms with Crippen molar-refractivity contribution < 1.29 is 19.7 Å². The Bertz CT molecular complexity index is 764. The largest absolute Gasteiger partial charge is 0.482 e. The molecule has 0 amide bonds. The summed E-state index contributed by atoms with van der Waals surface area (Å²) in [4.78, 5) is 18.3. The van der Waals surface area contributed by atoms with Crippen LogP contribution in [-0.2, 0) is 16.8 Å². The number of ether oxygens (including phenoxy) is 1. The molecule has 2 heterocycles. The van der Waals surface area contributed by atoms with E-state index in [1.807, 2.05) is 12.1 Å². The highest BCUT2D eigenvalue weighted by molar-refractivity contribution is 5.68. The summed E-state index contributed by atoms with van der Waals surface area (Å²) in [5.74, 6) is -0.336. The highest BCUT2D eigenvalue weighted by Crippen LogP contribution is 2.30. The van der Waals surface area contributed by atoms with Gasteiger partial charge in [0.2, 0.25) is 0 Å². The normalized spacial score (nSPS) is 24.7. The summed E-state index contributed by atoms with van der Waals surface area (Å²) >= 11 is 0. The zero-order chi connectivity index (χ0) is 23.3. The number of hydrogen-bond donors (Lipinski definition) is 2. The summed E-state index contributed by atoms with van der Waals surface area (Å²) in [6.07, 6.45) is 2.52. The molecule has 2 N–H and O–H groups in total. The first-order chi connectivity index (χ1) is 15.1. The molecule has 0 bridgehead atoms. The SMILES string of the molecule is CN1CCCN([C@H]2CCN(Cc3cc(C(C)(C)C)ccc3OCC(=O)O)CC[C@@H]2O)CC1. The van der Waals surface area contributed by atoms with E-state index < -0.39 is 5.97 Å². The fraction of sp³-hybridized carbons (Fsp3) is 0.720. The highest BCUT2D eigenvalue weighted by atomic mass is 16.5. The summed E-state index contributed by atoms with van der Waals surface area (Å²) in [6, 6.07) is 6.29. The van der Waals surface area contributed by atoms with Crippen LogP contribution in [0, 0.1) is 0 Å². The van der Waals surface area contributed by atoms with Crippen LogP contribution in [0.3, 0.4) is 0 Å². The quantitative estimate of drug-likeness (QED) is 0.694. The fourth-order valence-electron chi connectivity index (χ4n) is 4.80. The van der Waals surface area contributed by atoms with Crippen LogP contribution in [0.25, 0.3) is 0 Å². The minimum Gasteiger partial charge on any atom is -0.482 e. The van der Waals surface area contributed by atoms with Crippen LogP contribution in [0.5, 0.6) is 5.75 Å². The van der Waals surface area contributed by atoms with Crippen LogP contribution in [0.15, 0.2) is 18.2 Å². The van der Waals surface area contributed by atoms with Gasteiger partial charge in [0.1, 0.15) is 5.75 Å². The van der Waals surface area contributed by atoms with Crippen molar-refractivity contribution in [2.75, 3.05) is 52.9 Å². The van der Waals surface area contributed by atoms with Crippen LogP contribution in [0.1, 0.15) is 51.2 Å². The summed E-state index contributed by atoms with van der Waals surface area (Å²) < 4.78 is 5.61. The Hall–Kier alpha value is -1.67. The van der Waals surface area contributed by atoms with E-state index in [2.05, 4.69) is 48.6 Å². The molecular weight excluding hydrogens is 406 g/mol. The maximum absolute atomic E-state index is 11.0. The molecule has 0 saturated carbocycles. The molecule has 2 saturated heterocycles.